The molecule has 0 aliphatic rings. The van der Waals surface area contributed by atoms with Crippen LogP contribution in [0.25, 0.3) is 10.9 Å². The Morgan fingerprint density at radius 3 is 2.81 bits per heavy atom. The molecule has 0 amide bonds. The second-order valence-electron chi connectivity index (χ2n) is 5.28. The molecule has 4 nitrogen and oxygen atoms in total. The van der Waals surface area contributed by atoms with Crippen LogP contribution in [0.1, 0.15) is 11.3 Å². The van der Waals surface area contributed by atoms with Crippen LogP contribution in [-0.4, -0.2) is 17.0 Å². The van der Waals surface area contributed by atoms with Crippen molar-refractivity contribution in [2.24, 2.45) is 0 Å². The van der Waals surface area contributed by atoms with Crippen molar-refractivity contribution >= 4 is 22.3 Å². The van der Waals surface area contributed by atoms with Gasteiger partial charge in [0, 0.05) is 48.4 Å². The molecule has 0 saturated heterocycles. The third-order valence-corrected chi connectivity index (χ3v) is 3.49. The molecule has 106 valence electrons. The molecule has 0 spiro atoms. The van der Waals surface area contributed by atoms with E-state index in [1.807, 2.05) is 37.4 Å². The first-order chi connectivity index (χ1) is 10.1. The molecule has 0 fully saturated rings. The summed E-state index contributed by atoms with van der Waals surface area (Å²) in [4.78, 5) is 10.9. The van der Waals surface area contributed by atoms with Crippen molar-refractivity contribution in [3.8, 4) is 0 Å². The van der Waals surface area contributed by atoms with Crippen LogP contribution in [0.15, 0.2) is 48.8 Å². The molecule has 0 unspecified atom stereocenters. The van der Waals surface area contributed by atoms with Crippen molar-refractivity contribution in [1.82, 2.24) is 9.97 Å². The zero-order chi connectivity index (χ0) is 14.8. The molecule has 0 bridgehead atoms. The highest BCUT2D eigenvalue weighted by atomic mass is 15.1. The van der Waals surface area contributed by atoms with E-state index < -0.39 is 0 Å². The Hall–Kier alpha value is -2.62. The van der Waals surface area contributed by atoms with E-state index in [4.69, 9.17) is 5.73 Å². The summed E-state index contributed by atoms with van der Waals surface area (Å²) in [6.45, 7) is 2.80. The third-order valence-electron chi connectivity index (χ3n) is 3.49. The van der Waals surface area contributed by atoms with Gasteiger partial charge in [0.2, 0.25) is 0 Å². The van der Waals surface area contributed by atoms with Crippen molar-refractivity contribution in [2.75, 3.05) is 17.7 Å². The minimum absolute atomic E-state index is 0.754. The number of nitrogens with two attached hydrogens (primary N) is 1. The summed E-state index contributed by atoms with van der Waals surface area (Å²) in [6, 6.07) is 12.0. The summed E-state index contributed by atoms with van der Waals surface area (Å²) < 4.78 is 0. The molecule has 2 aromatic heterocycles. The van der Waals surface area contributed by atoms with Gasteiger partial charge in [-0.25, -0.2) is 0 Å². The standard InChI is InChI=1S/C17H18N4/c1-12-8-17(15-9-14(18)5-6-16(15)20-12)21(2)11-13-4-3-7-19-10-13/h3-10H,11,18H2,1-2H3. The lowest BCUT2D eigenvalue weighted by Gasteiger charge is -2.21. The van der Waals surface area contributed by atoms with Crippen LogP contribution < -0.4 is 10.6 Å². The predicted molar refractivity (Wildman–Crippen MR) is 87.2 cm³/mol. The fourth-order valence-electron chi connectivity index (χ4n) is 2.52. The van der Waals surface area contributed by atoms with E-state index in [9.17, 15) is 0 Å². The van der Waals surface area contributed by atoms with Crippen molar-refractivity contribution in [3.63, 3.8) is 0 Å². The Morgan fingerprint density at radius 1 is 1.19 bits per heavy atom. The number of hydrogen-bond donors (Lipinski definition) is 1. The normalized spacial score (nSPS) is 10.8. The number of benzene rings is 1. The maximum atomic E-state index is 5.93. The molecule has 3 aromatic rings. The number of rotatable bonds is 3. The van der Waals surface area contributed by atoms with Crippen LogP contribution in [0.5, 0.6) is 0 Å². The lowest BCUT2D eigenvalue weighted by Crippen LogP contribution is -2.17. The Morgan fingerprint density at radius 2 is 2.05 bits per heavy atom. The summed E-state index contributed by atoms with van der Waals surface area (Å²) in [6.07, 6.45) is 3.68. The Kier molecular flexibility index (Phi) is 3.44. The quantitative estimate of drug-likeness (QED) is 0.748. The highest BCUT2D eigenvalue weighted by molar-refractivity contribution is 5.93. The molecule has 2 heterocycles. The first kappa shape index (κ1) is 13.4. The van der Waals surface area contributed by atoms with Gasteiger partial charge >= 0.3 is 0 Å². The molecule has 0 radical (unpaired) electrons. The molecular weight excluding hydrogens is 260 g/mol. The van der Waals surface area contributed by atoms with E-state index in [1.54, 1.807) is 6.20 Å². The number of anilines is 2. The minimum Gasteiger partial charge on any atom is -0.399 e. The maximum Gasteiger partial charge on any atom is 0.0727 e. The minimum atomic E-state index is 0.754. The van der Waals surface area contributed by atoms with E-state index in [1.165, 1.54) is 5.56 Å². The Labute approximate surface area is 124 Å². The molecule has 0 aliphatic carbocycles. The van der Waals surface area contributed by atoms with Crippen LogP contribution in [0.4, 0.5) is 11.4 Å². The zero-order valence-corrected chi connectivity index (χ0v) is 12.2. The third kappa shape index (κ3) is 2.79. The molecule has 0 saturated carbocycles. The molecule has 21 heavy (non-hydrogen) atoms. The number of pyridine rings is 2. The fraction of sp³-hybridized carbons (Fsp3) is 0.176. The number of nitrogens with zero attached hydrogens (tertiary/aromatic N) is 3. The number of aryl methyl sites for hydroxylation is 1. The van der Waals surface area contributed by atoms with Gasteiger partial charge in [0.25, 0.3) is 0 Å². The zero-order valence-electron chi connectivity index (χ0n) is 12.2. The summed E-state index contributed by atoms with van der Waals surface area (Å²) in [5.74, 6) is 0. The van der Waals surface area contributed by atoms with Gasteiger partial charge in [0.05, 0.1) is 5.52 Å². The fourth-order valence-corrected chi connectivity index (χ4v) is 2.52. The monoisotopic (exact) mass is 278 g/mol. The molecule has 4 heteroatoms. The smallest absolute Gasteiger partial charge is 0.0727 e. The van der Waals surface area contributed by atoms with Crippen molar-refractivity contribution in [3.05, 3.63) is 60.0 Å². The number of hydrogen-bond acceptors (Lipinski definition) is 4. The van der Waals surface area contributed by atoms with Crippen LogP contribution in [0.2, 0.25) is 0 Å². The molecular formula is C17H18N4. The Bertz CT molecular complexity index is 768. The highest BCUT2D eigenvalue weighted by Gasteiger charge is 2.09. The molecule has 0 atom stereocenters. The SMILES string of the molecule is Cc1cc(N(C)Cc2cccnc2)c2cc(N)ccc2n1. The van der Waals surface area contributed by atoms with E-state index in [2.05, 4.69) is 34.0 Å². The number of fused-ring (bicyclic) bond motifs is 1. The first-order valence-corrected chi connectivity index (χ1v) is 6.90. The Balaban J connectivity index is 2.04. The van der Waals surface area contributed by atoms with E-state index >= 15 is 0 Å². The van der Waals surface area contributed by atoms with E-state index in [0.717, 1.165) is 34.5 Å². The van der Waals surface area contributed by atoms with Crippen LogP contribution >= 0.6 is 0 Å². The largest absolute Gasteiger partial charge is 0.399 e. The predicted octanol–water partition coefficient (Wildman–Crippen LogP) is 3.16. The number of aromatic nitrogens is 2. The summed E-state index contributed by atoms with van der Waals surface area (Å²) in [5.41, 5.74) is 11.0. The van der Waals surface area contributed by atoms with Gasteiger partial charge in [-0.05, 0) is 42.8 Å². The average Bonchev–Trinajstić information content (AvgIpc) is 2.48. The molecule has 1 aromatic carbocycles. The summed E-state index contributed by atoms with van der Waals surface area (Å²) in [5, 5.41) is 1.08. The van der Waals surface area contributed by atoms with Gasteiger partial charge in [-0.3, -0.25) is 9.97 Å². The van der Waals surface area contributed by atoms with Crippen LogP contribution in [0, 0.1) is 6.92 Å². The van der Waals surface area contributed by atoms with Crippen molar-refractivity contribution in [2.45, 2.75) is 13.5 Å². The lowest BCUT2D eigenvalue weighted by molar-refractivity contribution is 0.917. The van der Waals surface area contributed by atoms with E-state index in [0.29, 0.717) is 0 Å². The lowest BCUT2D eigenvalue weighted by atomic mass is 10.1. The topological polar surface area (TPSA) is 55.0 Å². The van der Waals surface area contributed by atoms with Crippen LogP contribution in [-0.2, 0) is 6.54 Å². The van der Waals surface area contributed by atoms with Gasteiger partial charge in [0.1, 0.15) is 0 Å². The molecule has 3 rings (SSSR count). The van der Waals surface area contributed by atoms with Gasteiger partial charge in [-0.1, -0.05) is 6.07 Å². The second kappa shape index (κ2) is 5.40. The number of nitrogen functional groups attached to an aromatic ring is 1. The molecule has 2 N–H and O–H groups in total. The summed E-state index contributed by atoms with van der Waals surface area (Å²) in [7, 11) is 2.07. The maximum absolute atomic E-state index is 5.93. The van der Waals surface area contributed by atoms with Crippen LogP contribution in [0.3, 0.4) is 0 Å². The second-order valence-corrected chi connectivity index (χ2v) is 5.28. The first-order valence-electron chi connectivity index (χ1n) is 6.90. The van der Waals surface area contributed by atoms with E-state index in [-0.39, 0.29) is 0 Å². The van der Waals surface area contributed by atoms with Crippen molar-refractivity contribution in [1.29, 1.82) is 0 Å². The van der Waals surface area contributed by atoms with Crippen molar-refractivity contribution < 1.29 is 0 Å². The van der Waals surface area contributed by atoms with Gasteiger partial charge in [-0.2, -0.15) is 0 Å². The molecule has 0 aliphatic heterocycles. The average molecular weight is 278 g/mol. The highest BCUT2D eigenvalue weighted by Crippen LogP contribution is 2.28. The van der Waals surface area contributed by atoms with Gasteiger partial charge in [-0.15, -0.1) is 0 Å². The summed E-state index contributed by atoms with van der Waals surface area (Å²) >= 11 is 0. The van der Waals surface area contributed by atoms with Gasteiger partial charge < -0.3 is 10.6 Å². The van der Waals surface area contributed by atoms with Gasteiger partial charge in [0.15, 0.2) is 0 Å².